The Balaban J connectivity index is 1.70. The number of carbonyl (C=O) groups excluding carboxylic acids is 1. The van der Waals surface area contributed by atoms with E-state index in [1.807, 2.05) is 0 Å². The number of hydrogen-bond donors (Lipinski definition) is 2. The lowest BCUT2D eigenvalue weighted by Gasteiger charge is -2.10. The minimum Gasteiger partial charge on any atom is -0.496 e. The molecule has 126 valence electrons. The molecule has 0 saturated heterocycles. The second-order valence-electron chi connectivity index (χ2n) is 5.77. The average Bonchev–Trinajstić information content (AvgIpc) is 3.37. The number of ether oxygens (including phenoxy) is 1. The summed E-state index contributed by atoms with van der Waals surface area (Å²) in [6.07, 6.45) is 0.481. The van der Waals surface area contributed by atoms with Crippen molar-refractivity contribution in [2.45, 2.75) is 18.9 Å². The third-order valence-corrected chi connectivity index (χ3v) is 4.23. The van der Waals surface area contributed by atoms with Gasteiger partial charge in [-0.2, -0.15) is 0 Å². The number of methoxy groups -OCH3 is 1. The van der Waals surface area contributed by atoms with E-state index >= 15 is 0 Å². The second kappa shape index (κ2) is 6.57. The maximum atomic E-state index is 13.8. The molecule has 2 N–H and O–H groups in total. The first kappa shape index (κ1) is 16.4. The molecule has 1 saturated carbocycles. The molecule has 6 heteroatoms. The molecule has 1 aliphatic rings. The van der Waals surface area contributed by atoms with E-state index in [-0.39, 0.29) is 29.9 Å². The van der Waals surface area contributed by atoms with Gasteiger partial charge in [0.1, 0.15) is 5.75 Å². The van der Waals surface area contributed by atoms with Crippen molar-refractivity contribution in [3.05, 3.63) is 59.2 Å². The van der Waals surface area contributed by atoms with E-state index < -0.39 is 11.6 Å². The topological polar surface area (TPSA) is 58.6 Å². The van der Waals surface area contributed by atoms with Gasteiger partial charge in [-0.1, -0.05) is 12.1 Å². The SMILES string of the molecule is COc1ccc(NC(=O)C2CC2c2cccc(F)c2F)cc1CO. The van der Waals surface area contributed by atoms with Crippen molar-refractivity contribution in [1.82, 2.24) is 0 Å². The van der Waals surface area contributed by atoms with Gasteiger partial charge in [0, 0.05) is 17.2 Å². The van der Waals surface area contributed by atoms with E-state index in [1.54, 1.807) is 18.2 Å². The standard InChI is InChI=1S/C18H17F2NO3/c1-24-16-6-5-11(7-10(16)9-22)21-18(23)14-8-13(14)12-3-2-4-15(19)17(12)20/h2-7,13-14,22H,8-9H2,1H3,(H,21,23). The van der Waals surface area contributed by atoms with Crippen LogP contribution >= 0.6 is 0 Å². The highest BCUT2D eigenvalue weighted by Gasteiger charge is 2.45. The van der Waals surface area contributed by atoms with E-state index in [9.17, 15) is 18.7 Å². The van der Waals surface area contributed by atoms with Gasteiger partial charge in [0.15, 0.2) is 11.6 Å². The Bertz CT molecular complexity index is 779. The summed E-state index contributed by atoms with van der Waals surface area (Å²) in [5, 5.41) is 12.0. The fourth-order valence-corrected chi connectivity index (χ4v) is 2.85. The molecule has 1 aliphatic carbocycles. The van der Waals surface area contributed by atoms with Gasteiger partial charge in [-0.3, -0.25) is 4.79 Å². The van der Waals surface area contributed by atoms with Crippen molar-refractivity contribution >= 4 is 11.6 Å². The molecule has 2 atom stereocenters. The zero-order chi connectivity index (χ0) is 17.3. The summed E-state index contributed by atoms with van der Waals surface area (Å²) in [5.74, 6) is -2.21. The molecule has 2 aromatic carbocycles. The molecule has 0 heterocycles. The predicted molar refractivity (Wildman–Crippen MR) is 84.8 cm³/mol. The largest absolute Gasteiger partial charge is 0.496 e. The van der Waals surface area contributed by atoms with Gasteiger partial charge >= 0.3 is 0 Å². The van der Waals surface area contributed by atoms with Crippen LogP contribution in [0.25, 0.3) is 0 Å². The van der Waals surface area contributed by atoms with Gasteiger partial charge in [0.25, 0.3) is 0 Å². The number of aliphatic hydroxyl groups excluding tert-OH is 1. The maximum absolute atomic E-state index is 13.8. The van der Waals surface area contributed by atoms with Crippen LogP contribution in [0.5, 0.6) is 5.75 Å². The zero-order valence-corrected chi connectivity index (χ0v) is 13.1. The first-order valence-corrected chi connectivity index (χ1v) is 7.57. The monoisotopic (exact) mass is 333 g/mol. The van der Waals surface area contributed by atoms with Crippen molar-refractivity contribution in [3.63, 3.8) is 0 Å². The molecule has 0 radical (unpaired) electrons. The molecule has 0 aliphatic heterocycles. The Hall–Kier alpha value is -2.47. The van der Waals surface area contributed by atoms with Crippen LogP contribution in [0.4, 0.5) is 14.5 Å². The third kappa shape index (κ3) is 3.10. The van der Waals surface area contributed by atoms with Crippen LogP contribution in [-0.4, -0.2) is 18.1 Å². The van der Waals surface area contributed by atoms with Crippen LogP contribution in [0, 0.1) is 17.6 Å². The number of aliphatic hydroxyl groups is 1. The predicted octanol–water partition coefficient (Wildman–Crippen LogP) is 3.21. The number of anilines is 1. The van der Waals surface area contributed by atoms with Crippen molar-refractivity contribution in [3.8, 4) is 5.75 Å². The fraction of sp³-hybridized carbons (Fsp3) is 0.278. The van der Waals surface area contributed by atoms with Gasteiger partial charge in [-0.15, -0.1) is 0 Å². The van der Waals surface area contributed by atoms with Crippen molar-refractivity contribution in [2.24, 2.45) is 5.92 Å². The highest BCUT2D eigenvalue weighted by molar-refractivity contribution is 5.95. The first-order chi connectivity index (χ1) is 11.5. The summed E-state index contributed by atoms with van der Waals surface area (Å²) < 4.78 is 32.2. The quantitative estimate of drug-likeness (QED) is 0.883. The van der Waals surface area contributed by atoms with Crippen LogP contribution in [0.15, 0.2) is 36.4 Å². The van der Waals surface area contributed by atoms with Crippen LogP contribution in [-0.2, 0) is 11.4 Å². The summed E-state index contributed by atoms with van der Waals surface area (Å²) in [7, 11) is 1.50. The minimum atomic E-state index is -0.902. The van der Waals surface area contributed by atoms with E-state index in [1.165, 1.54) is 19.2 Å². The van der Waals surface area contributed by atoms with Crippen LogP contribution < -0.4 is 10.1 Å². The molecule has 1 amide bonds. The van der Waals surface area contributed by atoms with Crippen LogP contribution in [0.2, 0.25) is 0 Å². The van der Waals surface area contributed by atoms with E-state index in [0.29, 0.717) is 23.4 Å². The second-order valence-corrected chi connectivity index (χ2v) is 5.77. The molecule has 4 nitrogen and oxygen atoms in total. The molecule has 2 aromatic rings. The maximum Gasteiger partial charge on any atom is 0.228 e. The van der Waals surface area contributed by atoms with E-state index in [2.05, 4.69) is 5.32 Å². The fourth-order valence-electron chi connectivity index (χ4n) is 2.85. The Morgan fingerprint density at radius 2 is 2.12 bits per heavy atom. The number of hydrogen-bond acceptors (Lipinski definition) is 3. The molecule has 0 bridgehead atoms. The summed E-state index contributed by atoms with van der Waals surface area (Å²) in [6, 6.07) is 8.94. The summed E-state index contributed by atoms with van der Waals surface area (Å²) in [5.41, 5.74) is 1.31. The lowest BCUT2D eigenvalue weighted by molar-refractivity contribution is -0.117. The van der Waals surface area contributed by atoms with Gasteiger partial charge in [0.05, 0.1) is 13.7 Å². The first-order valence-electron chi connectivity index (χ1n) is 7.57. The van der Waals surface area contributed by atoms with Crippen molar-refractivity contribution in [1.29, 1.82) is 0 Å². The molecule has 0 aromatic heterocycles. The zero-order valence-electron chi connectivity index (χ0n) is 13.1. The Morgan fingerprint density at radius 3 is 2.83 bits per heavy atom. The molecule has 3 rings (SSSR count). The number of rotatable bonds is 5. The Kier molecular flexibility index (Phi) is 4.49. The van der Waals surface area contributed by atoms with Crippen LogP contribution in [0.3, 0.4) is 0 Å². The highest BCUT2D eigenvalue weighted by Crippen LogP contribution is 2.49. The van der Waals surface area contributed by atoms with Gasteiger partial charge in [-0.25, -0.2) is 8.78 Å². The number of nitrogens with one attached hydrogen (secondary N) is 1. The lowest BCUT2D eigenvalue weighted by Crippen LogP contribution is -2.15. The summed E-state index contributed by atoms with van der Waals surface area (Å²) >= 11 is 0. The normalized spacial score (nSPS) is 19.0. The molecule has 1 fully saturated rings. The van der Waals surface area contributed by atoms with Crippen molar-refractivity contribution in [2.75, 3.05) is 12.4 Å². The number of amides is 1. The van der Waals surface area contributed by atoms with Gasteiger partial charge in [-0.05, 0) is 42.2 Å². The van der Waals surface area contributed by atoms with Crippen molar-refractivity contribution < 1.29 is 23.4 Å². The molecule has 0 spiro atoms. The Morgan fingerprint density at radius 1 is 1.33 bits per heavy atom. The van der Waals surface area contributed by atoms with Gasteiger partial charge < -0.3 is 15.2 Å². The average molecular weight is 333 g/mol. The third-order valence-electron chi connectivity index (χ3n) is 4.23. The molecular formula is C18H17F2NO3. The number of benzene rings is 2. The van der Waals surface area contributed by atoms with Crippen LogP contribution in [0.1, 0.15) is 23.5 Å². The summed E-state index contributed by atoms with van der Waals surface area (Å²) in [4.78, 5) is 12.3. The highest BCUT2D eigenvalue weighted by atomic mass is 19.2. The molecule has 2 unspecified atom stereocenters. The number of carbonyl (C=O) groups is 1. The minimum absolute atomic E-state index is 0.215. The Labute approximate surface area is 138 Å². The van der Waals surface area contributed by atoms with E-state index in [4.69, 9.17) is 4.74 Å². The lowest BCUT2D eigenvalue weighted by atomic mass is 10.1. The number of halogens is 2. The smallest absolute Gasteiger partial charge is 0.228 e. The summed E-state index contributed by atoms with van der Waals surface area (Å²) in [6.45, 7) is -0.215. The van der Waals surface area contributed by atoms with E-state index in [0.717, 1.165) is 6.07 Å². The molecule has 24 heavy (non-hydrogen) atoms. The van der Waals surface area contributed by atoms with Gasteiger partial charge in [0.2, 0.25) is 5.91 Å². The molecular weight excluding hydrogens is 316 g/mol.